The highest BCUT2D eigenvalue weighted by Gasteiger charge is 2.18. The number of aryl methyl sites for hydroxylation is 1. The van der Waals surface area contributed by atoms with E-state index in [1.807, 2.05) is 37.5 Å². The van der Waals surface area contributed by atoms with Crippen LogP contribution in [-0.2, 0) is 7.05 Å². The van der Waals surface area contributed by atoms with Gasteiger partial charge in [0.25, 0.3) is 0 Å². The summed E-state index contributed by atoms with van der Waals surface area (Å²) in [5.74, 6) is 1.51. The molecule has 0 spiro atoms. The van der Waals surface area contributed by atoms with Gasteiger partial charge in [-0.2, -0.15) is 14.7 Å². The van der Waals surface area contributed by atoms with Gasteiger partial charge in [0.15, 0.2) is 11.5 Å². The van der Waals surface area contributed by atoms with Crippen LogP contribution in [0.5, 0.6) is 5.75 Å². The average Bonchev–Trinajstić information content (AvgIpc) is 3.38. The fourth-order valence-corrected chi connectivity index (χ4v) is 3.44. The third-order valence-corrected chi connectivity index (χ3v) is 5.09. The van der Waals surface area contributed by atoms with E-state index in [-0.39, 0.29) is 5.92 Å². The van der Waals surface area contributed by atoms with Crippen LogP contribution >= 0.6 is 0 Å². The van der Waals surface area contributed by atoms with Gasteiger partial charge in [-0.05, 0) is 35.9 Å². The average molecular weight is 385 g/mol. The molecular weight excluding hydrogens is 366 g/mol. The van der Waals surface area contributed by atoms with Crippen LogP contribution in [0.4, 0.5) is 0 Å². The highest BCUT2D eigenvalue weighted by Crippen LogP contribution is 2.27. The quantitative estimate of drug-likeness (QED) is 0.472. The van der Waals surface area contributed by atoms with E-state index in [0.717, 1.165) is 39.3 Å². The molecule has 0 aliphatic carbocycles. The maximum Gasteiger partial charge on any atom is 0.177 e. The molecular formula is C21H19N7O. The number of ether oxygens (including phenoxy) is 1. The number of rotatable bonds is 4. The second-order valence-electron chi connectivity index (χ2n) is 7.00. The highest BCUT2D eigenvalue weighted by molar-refractivity contribution is 5.80. The van der Waals surface area contributed by atoms with Gasteiger partial charge < -0.3 is 4.74 Å². The van der Waals surface area contributed by atoms with E-state index in [4.69, 9.17) is 9.84 Å². The van der Waals surface area contributed by atoms with Crippen LogP contribution in [-0.4, -0.2) is 41.7 Å². The molecule has 0 aliphatic heterocycles. The first-order valence-corrected chi connectivity index (χ1v) is 9.27. The Labute approximate surface area is 166 Å². The van der Waals surface area contributed by atoms with Crippen molar-refractivity contribution in [3.63, 3.8) is 0 Å². The summed E-state index contributed by atoms with van der Waals surface area (Å²) >= 11 is 0. The molecule has 8 heteroatoms. The minimum absolute atomic E-state index is 0.00255. The van der Waals surface area contributed by atoms with Crippen molar-refractivity contribution in [3.05, 3.63) is 66.4 Å². The Morgan fingerprint density at radius 2 is 1.93 bits per heavy atom. The van der Waals surface area contributed by atoms with Gasteiger partial charge in [0.05, 0.1) is 30.7 Å². The zero-order chi connectivity index (χ0) is 20.0. The molecule has 0 saturated carbocycles. The molecule has 0 saturated heterocycles. The lowest BCUT2D eigenvalue weighted by atomic mass is 9.98. The van der Waals surface area contributed by atoms with Gasteiger partial charge in [-0.15, -0.1) is 10.2 Å². The third kappa shape index (κ3) is 2.98. The third-order valence-electron chi connectivity index (χ3n) is 5.09. The predicted molar refractivity (Wildman–Crippen MR) is 109 cm³/mol. The second kappa shape index (κ2) is 6.66. The highest BCUT2D eigenvalue weighted by atomic mass is 16.5. The molecule has 8 nitrogen and oxygen atoms in total. The Bertz CT molecular complexity index is 1340. The zero-order valence-corrected chi connectivity index (χ0v) is 16.3. The monoisotopic (exact) mass is 385 g/mol. The van der Waals surface area contributed by atoms with Gasteiger partial charge >= 0.3 is 0 Å². The van der Waals surface area contributed by atoms with Crippen molar-refractivity contribution in [2.45, 2.75) is 12.8 Å². The van der Waals surface area contributed by atoms with E-state index in [1.165, 1.54) is 0 Å². The van der Waals surface area contributed by atoms with Crippen LogP contribution in [0.3, 0.4) is 0 Å². The molecule has 0 N–H and O–H groups in total. The molecule has 1 atom stereocenters. The van der Waals surface area contributed by atoms with Crippen LogP contribution in [0.1, 0.15) is 24.2 Å². The van der Waals surface area contributed by atoms with Gasteiger partial charge in [-0.25, -0.2) is 0 Å². The van der Waals surface area contributed by atoms with E-state index in [1.54, 1.807) is 28.7 Å². The Kier molecular flexibility index (Phi) is 3.97. The molecule has 144 valence electrons. The number of benzene rings is 1. The molecule has 4 heterocycles. The van der Waals surface area contributed by atoms with Crippen molar-refractivity contribution in [1.82, 2.24) is 34.6 Å². The standard InChI is InChI=1S/C21H19N7O/c1-13(14-4-5-18-15(8-14)9-17(29-3)11-22-18)21-25-24-20-7-6-19(26-28(20)21)16-10-23-27(2)12-16/h4-13H,1-3H3/t13-/m0/s1. The molecule has 5 aromatic rings. The molecule has 4 aromatic heterocycles. The fraction of sp³-hybridized carbons (Fsp3) is 0.190. The first-order valence-electron chi connectivity index (χ1n) is 9.27. The first-order chi connectivity index (χ1) is 14.1. The number of fused-ring (bicyclic) bond motifs is 2. The minimum Gasteiger partial charge on any atom is -0.495 e. The summed E-state index contributed by atoms with van der Waals surface area (Å²) in [7, 11) is 3.53. The fourth-order valence-electron chi connectivity index (χ4n) is 3.44. The van der Waals surface area contributed by atoms with Gasteiger partial charge in [0.1, 0.15) is 5.75 Å². The maximum atomic E-state index is 5.30. The number of nitrogens with zero attached hydrogens (tertiary/aromatic N) is 7. The maximum absolute atomic E-state index is 5.30. The lowest BCUT2D eigenvalue weighted by Gasteiger charge is -2.11. The minimum atomic E-state index is -0.00255. The van der Waals surface area contributed by atoms with Crippen molar-refractivity contribution in [1.29, 1.82) is 0 Å². The normalized spacial score (nSPS) is 12.5. The largest absolute Gasteiger partial charge is 0.495 e. The molecule has 0 bridgehead atoms. The number of hydrogen-bond donors (Lipinski definition) is 0. The van der Waals surface area contributed by atoms with Crippen LogP contribution in [0.15, 0.2) is 55.0 Å². The van der Waals surface area contributed by atoms with Gasteiger partial charge in [0, 0.05) is 30.1 Å². The predicted octanol–water partition coefficient (Wildman–Crippen LogP) is 3.23. The first kappa shape index (κ1) is 17.3. The summed E-state index contributed by atoms with van der Waals surface area (Å²) in [6, 6.07) is 12.0. The number of pyridine rings is 1. The molecule has 0 unspecified atom stereocenters. The van der Waals surface area contributed by atoms with Gasteiger partial charge in [-0.1, -0.05) is 13.0 Å². The van der Waals surface area contributed by atoms with Crippen LogP contribution in [0, 0.1) is 0 Å². The summed E-state index contributed by atoms with van der Waals surface area (Å²) in [5.41, 5.74) is 4.51. The number of hydrogen-bond acceptors (Lipinski definition) is 6. The SMILES string of the molecule is COc1cnc2ccc([C@H](C)c3nnc4ccc(-c5cnn(C)c5)nn34)cc2c1. The van der Waals surface area contributed by atoms with E-state index < -0.39 is 0 Å². The second-order valence-corrected chi connectivity index (χ2v) is 7.00. The van der Waals surface area contributed by atoms with Crippen molar-refractivity contribution in [2.24, 2.45) is 7.05 Å². The molecule has 0 aliphatic rings. The van der Waals surface area contributed by atoms with Crippen molar-refractivity contribution in [2.75, 3.05) is 7.11 Å². The molecule has 0 fully saturated rings. The molecule has 0 radical (unpaired) electrons. The van der Waals surface area contributed by atoms with Crippen LogP contribution < -0.4 is 4.74 Å². The lowest BCUT2D eigenvalue weighted by Crippen LogP contribution is -2.05. The lowest BCUT2D eigenvalue weighted by molar-refractivity contribution is 0.414. The summed E-state index contributed by atoms with van der Waals surface area (Å²) in [4.78, 5) is 4.43. The molecule has 5 rings (SSSR count). The van der Waals surface area contributed by atoms with Gasteiger partial charge in [-0.3, -0.25) is 9.67 Å². The zero-order valence-electron chi connectivity index (χ0n) is 16.3. The van der Waals surface area contributed by atoms with Crippen LogP contribution in [0.25, 0.3) is 27.8 Å². The summed E-state index contributed by atoms with van der Waals surface area (Å²) in [6.45, 7) is 2.10. The summed E-state index contributed by atoms with van der Waals surface area (Å²) < 4.78 is 8.87. The summed E-state index contributed by atoms with van der Waals surface area (Å²) in [5, 5.41) is 18.7. The molecule has 0 amide bonds. The van der Waals surface area contributed by atoms with E-state index in [0.29, 0.717) is 5.65 Å². The van der Waals surface area contributed by atoms with Crippen molar-refractivity contribution < 1.29 is 4.74 Å². The van der Waals surface area contributed by atoms with Crippen LogP contribution in [0.2, 0.25) is 0 Å². The van der Waals surface area contributed by atoms with Crippen molar-refractivity contribution in [3.8, 4) is 17.0 Å². The Balaban J connectivity index is 1.58. The number of methoxy groups -OCH3 is 1. The van der Waals surface area contributed by atoms with E-state index in [9.17, 15) is 0 Å². The number of aromatic nitrogens is 7. The topological polar surface area (TPSA) is 83.0 Å². The van der Waals surface area contributed by atoms with E-state index in [2.05, 4.69) is 39.3 Å². The van der Waals surface area contributed by atoms with E-state index >= 15 is 0 Å². The molecule has 1 aromatic carbocycles. The molecule has 29 heavy (non-hydrogen) atoms. The summed E-state index contributed by atoms with van der Waals surface area (Å²) in [6.07, 6.45) is 5.46. The smallest absolute Gasteiger partial charge is 0.177 e. The Morgan fingerprint density at radius 3 is 2.72 bits per heavy atom. The Hall–Kier alpha value is -3.81. The van der Waals surface area contributed by atoms with Gasteiger partial charge in [0.2, 0.25) is 0 Å². The van der Waals surface area contributed by atoms with Crippen molar-refractivity contribution >= 4 is 16.6 Å². The Morgan fingerprint density at radius 1 is 1.03 bits per heavy atom.